The largest absolute Gasteiger partial charge is 0.496 e. The third-order valence-electron chi connectivity index (χ3n) is 12.3. The number of methoxy groups -OCH3 is 8. The Morgan fingerprint density at radius 3 is 0.681 bits per heavy atom. The Morgan fingerprint density at radius 2 is 0.464 bits per heavy atom. The molecule has 0 aromatic heterocycles. The topological polar surface area (TPSA) is 73.8 Å². The maximum absolute atomic E-state index is 6.48. The zero-order valence-corrected chi connectivity index (χ0v) is 42.2. The highest BCUT2D eigenvalue weighted by Crippen LogP contribution is 2.51. The predicted octanol–water partition coefficient (Wildman–Crippen LogP) is 12.4. The molecule has 8 aromatic carbocycles. The summed E-state index contributed by atoms with van der Waals surface area (Å²) in [7, 11) is 11.6. The van der Waals surface area contributed by atoms with Gasteiger partial charge in [0, 0.05) is 65.7 Å². The summed E-state index contributed by atoms with van der Waals surface area (Å²) in [6, 6.07) is 58.1. The normalized spacial score (nSPS) is 11.0. The van der Waals surface area contributed by atoms with Gasteiger partial charge in [0.05, 0.1) is 56.9 Å². The van der Waals surface area contributed by atoms with Crippen molar-refractivity contribution in [3.8, 4) is 90.5 Å². The summed E-state index contributed by atoms with van der Waals surface area (Å²) in [5.41, 5.74) is 7.64. The molecule has 10 heteroatoms. The van der Waals surface area contributed by atoms with Crippen molar-refractivity contribution in [3.05, 3.63) is 170 Å². The summed E-state index contributed by atoms with van der Waals surface area (Å²) < 4.78 is 49.6. The zero-order chi connectivity index (χ0) is 48.3. The number of benzene rings is 8. The van der Waals surface area contributed by atoms with Crippen LogP contribution >= 0.6 is 15.8 Å². The Balaban J connectivity index is 1.31. The van der Waals surface area contributed by atoms with Gasteiger partial charge in [-0.3, -0.25) is 0 Å². The first-order valence-corrected chi connectivity index (χ1v) is 25.8. The number of para-hydroxylation sites is 8. The maximum atomic E-state index is 6.48. The highest BCUT2D eigenvalue weighted by atomic mass is 31.1. The molecular formula is C59H58O8P2. The van der Waals surface area contributed by atoms with E-state index in [0.29, 0.717) is 0 Å². The maximum Gasteiger partial charge on any atom is 0.134 e. The van der Waals surface area contributed by atoms with Gasteiger partial charge in [0.2, 0.25) is 0 Å². The second-order valence-corrected chi connectivity index (χ2v) is 20.4. The van der Waals surface area contributed by atoms with Crippen molar-refractivity contribution in [3.63, 3.8) is 0 Å². The lowest BCUT2D eigenvalue weighted by atomic mass is 10.0. The Morgan fingerprint density at radius 1 is 0.246 bits per heavy atom. The second-order valence-electron chi connectivity index (χ2n) is 15.9. The van der Waals surface area contributed by atoms with E-state index in [-0.39, 0.29) is 0 Å². The third kappa shape index (κ3) is 9.83. The average molecular weight is 957 g/mol. The minimum Gasteiger partial charge on any atom is -0.496 e. The van der Waals surface area contributed by atoms with Crippen molar-refractivity contribution in [2.24, 2.45) is 0 Å². The van der Waals surface area contributed by atoms with E-state index < -0.39 is 15.8 Å². The molecule has 0 aliphatic carbocycles. The average Bonchev–Trinajstić information content (AvgIpc) is 3.42. The van der Waals surface area contributed by atoms with Crippen molar-refractivity contribution in [2.45, 2.75) is 6.42 Å². The van der Waals surface area contributed by atoms with E-state index >= 15 is 0 Å². The van der Waals surface area contributed by atoms with Gasteiger partial charge in [-0.1, -0.05) is 146 Å². The van der Waals surface area contributed by atoms with Crippen LogP contribution in [0, 0.1) is 0 Å². The van der Waals surface area contributed by atoms with E-state index in [0.717, 1.165) is 130 Å². The summed E-state index contributed by atoms with van der Waals surface area (Å²) in [4.78, 5) is 0. The van der Waals surface area contributed by atoms with E-state index in [4.69, 9.17) is 37.9 Å². The van der Waals surface area contributed by atoms with Gasteiger partial charge < -0.3 is 37.9 Å². The highest BCUT2D eigenvalue weighted by molar-refractivity contribution is 7.74. The fraction of sp³-hybridized carbons (Fsp3) is 0.186. The SMILES string of the molecule is COc1ccccc1-c1cccc(P(CCCP(c2cccc(-c3ccccc3OC)c2OC)c2cccc(-c3ccccc3OC)c2OC)c2cccc(-c3ccccc3OC)c2OC)c1OC. The van der Waals surface area contributed by atoms with E-state index in [1.807, 2.05) is 72.8 Å². The van der Waals surface area contributed by atoms with Crippen LogP contribution in [0.3, 0.4) is 0 Å². The summed E-state index contributed by atoms with van der Waals surface area (Å²) in [5, 5.41) is 4.40. The second kappa shape index (κ2) is 22.9. The van der Waals surface area contributed by atoms with Crippen LogP contribution in [0.2, 0.25) is 0 Å². The van der Waals surface area contributed by atoms with Crippen LogP contribution in [0.1, 0.15) is 6.42 Å². The van der Waals surface area contributed by atoms with Gasteiger partial charge >= 0.3 is 0 Å². The first-order valence-electron chi connectivity index (χ1n) is 22.7. The molecule has 0 unspecified atom stereocenters. The Hall–Kier alpha value is -6.98. The number of ether oxygens (including phenoxy) is 8. The van der Waals surface area contributed by atoms with Crippen LogP contribution in [0.4, 0.5) is 0 Å². The van der Waals surface area contributed by atoms with E-state index in [9.17, 15) is 0 Å². The fourth-order valence-corrected chi connectivity index (χ4v) is 14.8. The summed E-state index contributed by atoms with van der Waals surface area (Å²) >= 11 is 0. The van der Waals surface area contributed by atoms with Crippen molar-refractivity contribution in [1.29, 1.82) is 0 Å². The molecule has 8 aromatic rings. The molecule has 0 radical (unpaired) electrons. The molecule has 0 heterocycles. The van der Waals surface area contributed by atoms with Crippen molar-refractivity contribution in [1.82, 2.24) is 0 Å². The molecule has 0 saturated carbocycles. The number of hydrogen-bond acceptors (Lipinski definition) is 8. The zero-order valence-electron chi connectivity index (χ0n) is 40.4. The van der Waals surface area contributed by atoms with Crippen molar-refractivity contribution in [2.75, 3.05) is 69.2 Å². The molecule has 0 atom stereocenters. The summed E-state index contributed by atoms with van der Waals surface area (Å²) in [5.74, 6) is 6.30. The van der Waals surface area contributed by atoms with Gasteiger partial charge in [0.25, 0.3) is 0 Å². The van der Waals surface area contributed by atoms with Gasteiger partial charge in [-0.05, 0) is 58.9 Å². The van der Waals surface area contributed by atoms with E-state index in [1.54, 1.807) is 56.9 Å². The molecule has 8 rings (SSSR count). The fourth-order valence-electron chi connectivity index (χ4n) is 9.25. The standard InChI is InChI=1S/C59H58O8P2/c1-60-48-30-13-9-22-40(48)44-26-17-34-52(56(44)64-5)68(53-35-18-27-45(57(53)65-6)41-23-10-14-31-49(41)61-2)38-21-39-69(54-36-19-28-46(58(54)66-7)42-24-11-15-32-50(42)62-3)55-37-20-29-47(59(55)67-8)43-25-12-16-33-51(43)63-4/h9-20,22-37H,21,38-39H2,1-8H3. The van der Waals surface area contributed by atoms with Gasteiger partial charge in [-0.25, -0.2) is 0 Å². The van der Waals surface area contributed by atoms with Gasteiger partial charge in [-0.15, -0.1) is 0 Å². The lowest BCUT2D eigenvalue weighted by Gasteiger charge is -2.28. The minimum absolute atomic E-state index is 0.771. The molecule has 0 fully saturated rings. The van der Waals surface area contributed by atoms with E-state index in [1.165, 1.54) is 0 Å². The van der Waals surface area contributed by atoms with Crippen LogP contribution in [-0.4, -0.2) is 69.2 Å². The minimum atomic E-state index is -1.15. The van der Waals surface area contributed by atoms with Crippen LogP contribution in [0.25, 0.3) is 44.5 Å². The lowest BCUT2D eigenvalue weighted by molar-refractivity contribution is 0.411. The Bertz CT molecular complexity index is 2620. The molecule has 0 N–H and O–H groups in total. The predicted molar refractivity (Wildman–Crippen MR) is 287 cm³/mol. The molecular weight excluding hydrogens is 899 g/mol. The first-order chi connectivity index (χ1) is 33.9. The molecule has 0 amide bonds. The molecule has 69 heavy (non-hydrogen) atoms. The molecule has 0 aliphatic heterocycles. The quantitative estimate of drug-likeness (QED) is 0.0700. The molecule has 352 valence electrons. The number of hydrogen-bond donors (Lipinski definition) is 0. The first kappa shape index (κ1) is 48.5. The van der Waals surface area contributed by atoms with E-state index in [2.05, 4.69) is 97.1 Å². The van der Waals surface area contributed by atoms with Crippen LogP contribution < -0.4 is 59.1 Å². The Labute approximate surface area is 409 Å². The van der Waals surface area contributed by atoms with Gasteiger partial charge in [0.1, 0.15) is 46.0 Å². The molecule has 0 aliphatic rings. The molecule has 0 bridgehead atoms. The van der Waals surface area contributed by atoms with Crippen molar-refractivity contribution >= 4 is 37.1 Å². The highest BCUT2D eigenvalue weighted by Gasteiger charge is 2.30. The third-order valence-corrected chi connectivity index (χ3v) is 17.6. The monoisotopic (exact) mass is 956 g/mol. The van der Waals surface area contributed by atoms with Crippen molar-refractivity contribution < 1.29 is 37.9 Å². The molecule has 8 nitrogen and oxygen atoms in total. The van der Waals surface area contributed by atoms with Gasteiger partial charge in [0.15, 0.2) is 0 Å². The Kier molecular flexibility index (Phi) is 16.1. The van der Waals surface area contributed by atoms with Crippen LogP contribution in [0.15, 0.2) is 170 Å². The summed E-state index contributed by atoms with van der Waals surface area (Å²) in [6.45, 7) is 0. The number of rotatable bonds is 20. The lowest BCUT2D eigenvalue weighted by Crippen LogP contribution is -2.22. The molecule has 0 spiro atoms. The summed E-state index contributed by atoms with van der Waals surface area (Å²) in [6.07, 6.45) is 2.43. The van der Waals surface area contributed by atoms with Crippen LogP contribution in [0.5, 0.6) is 46.0 Å². The smallest absolute Gasteiger partial charge is 0.134 e. The van der Waals surface area contributed by atoms with Crippen LogP contribution in [-0.2, 0) is 0 Å². The van der Waals surface area contributed by atoms with Gasteiger partial charge in [-0.2, -0.15) is 0 Å². The molecule has 0 saturated heterocycles.